The summed E-state index contributed by atoms with van der Waals surface area (Å²) >= 11 is 3.33. The van der Waals surface area contributed by atoms with E-state index in [0.29, 0.717) is 12.2 Å². The topological polar surface area (TPSA) is 85.8 Å². The van der Waals surface area contributed by atoms with Gasteiger partial charge in [-0.3, -0.25) is 4.79 Å². The Morgan fingerprint density at radius 2 is 2.11 bits per heavy atom. The Balaban J connectivity index is 1.94. The summed E-state index contributed by atoms with van der Waals surface area (Å²) in [7, 11) is 0. The lowest BCUT2D eigenvalue weighted by Crippen LogP contribution is -2.19. The second-order valence-corrected chi connectivity index (χ2v) is 4.58. The standard InChI is InChI=1S/C11H12BrN5O/c12-8-1-3-9(4-2-8)14-11(18)7-17-6-10(5-13)15-16-17/h1-4,6H,5,7,13H2,(H,14,18). The van der Waals surface area contributed by atoms with Gasteiger partial charge in [-0.15, -0.1) is 5.10 Å². The van der Waals surface area contributed by atoms with Gasteiger partial charge in [0, 0.05) is 16.7 Å². The van der Waals surface area contributed by atoms with Crippen molar-refractivity contribution in [1.29, 1.82) is 0 Å². The summed E-state index contributed by atoms with van der Waals surface area (Å²) in [6.07, 6.45) is 1.65. The Bertz CT molecular complexity index is 537. The second-order valence-electron chi connectivity index (χ2n) is 3.67. The number of halogens is 1. The lowest BCUT2D eigenvalue weighted by atomic mass is 10.3. The van der Waals surface area contributed by atoms with Crippen molar-refractivity contribution in [3.63, 3.8) is 0 Å². The summed E-state index contributed by atoms with van der Waals surface area (Å²) in [5.74, 6) is -0.161. The number of rotatable bonds is 4. The monoisotopic (exact) mass is 309 g/mol. The van der Waals surface area contributed by atoms with Gasteiger partial charge in [0.25, 0.3) is 0 Å². The van der Waals surface area contributed by atoms with E-state index in [1.165, 1.54) is 4.68 Å². The fourth-order valence-corrected chi connectivity index (χ4v) is 1.65. The Labute approximate surface area is 112 Å². The molecule has 0 saturated heterocycles. The van der Waals surface area contributed by atoms with Crippen molar-refractivity contribution in [2.45, 2.75) is 13.1 Å². The van der Waals surface area contributed by atoms with Gasteiger partial charge in [0.05, 0.1) is 11.9 Å². The summed E-state index contributed by atoms with van der Waals surface area (Å²) in [6, 6.07) is 7.35. The number of anilines is 1. The minimum Gasteiger partial charge on any atom is -0.325 e. The first-order chi connectivity index (χ1) is 8.67. The van der Waals surface area contributed by atoms with E-state index >= 15 is 0 Å². The highest BCUT2D eigenvalue weighted by molar-refractivity contribution is 9.10. The molecule has 0 aliphatic rings. The molecule has 1 aromatic heterocycles. The largest absolute Gasteiger partial charge is 0.325 e. The number of hydrogen-bond acceptors (Lipinski definition) is 4. The van der Waals surface area contributed by atoms with E-state index in [1.54, 1.807) is 6.20 Å². The van der Waals surface area contributed by atoms with Crippen molar-refractivity contribution < 1.29 is 4.79 Å². The number of amides is 1. The Hall–Kier alpha value is -1.73. The highest BCUT2D eigenvalue weighted by Gasteiger charge is 2.05. The highest BCUT2D eigenvalue weighted by atomic mass is 79.9. The number of nitrogens with two attached hydrogens (primary N) is 1. The van der Waals surface area contributed by atoms with E-state index in [4.69, 9.17) is 5.73 Å². The number of benzene rings is 1. The molecule has 94 valence electrons. The number of nitrogens with zero attached hydrogens (tertiary/aromatic N) is 3. The van der Waals surface area contributed by atoms with E-state index in [9.17, 15) is 4.79 Å². The van der Waals surface area contributed by atoms with Crippen LogP contribution in [0.2, 0.25) is 0 Å². The van der Waals surface area contributed by atoms with Gasteiger partial charge in [0.2, 0.25) is 5.91 Å². The first-order valence-electron chi connectivity index (χ1n) is 5.32. The molecule has 0 bridgehead atoms. The van der Waals surface area contributed by atoms with Crippen LogP contribution >= 0.6 is 15.9 Å². The molecule has 0 saturated carbocycles. The molecule has 0 fully saturated rings. The van der Waals surface area contributed by atoms with Crippen LogP contribution in [-0.4, -0.2) is 20.9 Å². The van der Waals surface area contributed by atoms with Gasteiger partial charge in [-0.25, -0.2) is 4.68 Å². The first-order valence-corrected chi connectivity index (χ1v) is 6.11. The third-order valence-corrected chi connectivity index (χ3v) is 2.76. The summed E-state index contributed by atoms with van der Waals surface area (Å²) in [4.78, 5) is 11.7. The third-order valence-electron chi connectivity index (χ3n) is 2.23. The Morgan fingerprint density at radius 1 is 1.39 bits per heavy atom. The van der Waals surface area contributed by atoms with Crippen molar-refractivity contribution >= 4 is 27.5 Å². The van der Waals surface area contributed by atoms with Crippen LogP contribution in [0.1, 0.15) is 5.69 Å². The lowest BCUT2D eigenvalue weighted by Gasteiger charge is -2.04. The molecule has 2 aromatic rings. The van der Waals surface area contributed by atoms with Crippen LogP contribution in [0.4, 0.5) is 5.69 Å². The maximum atomic E-state index is 11.7. The van der Waals surface area contributed by atoms with Gasteiger partial charge < -0.3 is 11.1 Å². The molecule has 0 spiro atoms. The first kappa shape index (κ1) is 12.7. The van der Waals surface area contributed by atoms with Crippen LogP contribution < -0.4 is 11.1 Å². The van der Waals surface area contributed by atoms with E-state index in [1.807, 2.05) is 24.3 Å². The van der Waals surface area contributed by atoms with Crippen molar-refractivity contribution in [2.75, 3.05) is 5.32 Å². The Morgan fingerprint density at radius 3 is 2.72 bits per heavy atom. The molecule has 1 amide bonds. The van der Waals surface area contributed by atoms with Gasteiger partial charge in [-0.05, 0) is 24.3 Å². The number of carbonyl (C=O) groups is 1. The molecule has 1 heterocycles. The molecule has 0 aliphatic heterocycles. The summed E-state index contributed by atoms with van der Waals surface area (Å²) in [5.41, 5.74) is 6.81. The third kappa shape index (κ3) is 3.38. The maximum Gasteiger partial charge on any atom is 0.246 e. The smallest absolute Gasteiger partial charge is 0.246 e. The number of hydrogen-bond donors (Lipinski definition) is 2. The number of aromatic nitrogens is 3. The minimum atomic E-state index is -0.161. The van der Waals surface area contributed by atoms with E-state index in [-0.39, 0.29) is 12.5 Å². The van der Waals surface area contributed by atoms with Crippen molar-refractivity contribution in [3.8, 4) is 0 Å². The second kappa shape index (κ2) is 5.74. The fraction of sp³-hybridized carbons (Fsp3) is 0.182. The minimum absolute atomic E-state index is 0.114. The number of carbonyl (C=O) groups excluding carboxylic acids is 1. The summed E-state index contributed by atoms with van der Waals surface area (Å²) in [5, 5.41) is 10.4. The molecule has 18 heavy (non-hydrogen) atoms. The van der Waals surface area contributed by atoms with Crippen molar-refractivity contribution in [1.82, 2.24) is 15.0 Å². The predicted molar refractivity (Wildman–Crippen MR) is 70.7 cm³/mol. The van der Waals surface area contributed by atoms with Crippen LogP contribution in [0, 0.1) is 0 Å². The van der Waals surface area contributed by atoms with Crippen LogP contribution in [0.3, 0.4) is 0 Å². The van der Waals surface area contributed by atoms with Gasteiger partial charge in [0.1, 0.15) is 6.54 Å². The molecule has 2 rings (SSSR count). The summed E-state index contributed by atoms with van der Waals surface area (Å²) in [6.45, 7) is 0.428. The van der Waals surface area contributed by atoms with Crippen molar-refractivity contribution in [3.05, 3.63) is 40.6 Å². The summed E-state index contributed by atoms with van der Waals surface area (Å²) < 4.78 is 2.42. The predicted octanol–water partition coefficient (Wildman–Crippen LogP) is 1.14. The van der Waals surface area contributed by atoms with E-state index < -0.39 is 0 Å². The normalized spacial score (nSPS) is 10.3. The van der Waals surface area contributed by atoms with E-state index in [2.05, 4.69) is 31.6 Å². The van der Waals surface area contributed by atoms with E-state index in [0.717, 1.165) is 10.2 Å². The van der Waals surface area contributed by atoms with Crippen LogP contribution in [0.5, 0.6) is 0 Å². The van der Waals surface area contributed by atoms with Crippen LogP contribution in [-0.2, 0) is 17.9 Å². The van der Waals surface area contributed by atoms with Gasteiger partial charge >= 0.3 is 0 Å². The molecular weight excluding hydrogens is 298 g/mol. The highest BCUT2D eigenvalue weighted by Crippen LogP contribution is 2.13. The zero-order valence-corrected chi connectivity index (χ0v) is 11.1. The van der Waals surface area contributed by atoms with Gasteiger partial charge in [-0.2, -0.15) is 0 Å². The molecule has 0 radical (unpaired) electrons. The molecule has 0 unspecified atom stereocenters. The van der Waals surface area contributed by atoms with Gasteiger partial charge in [-0.1, -0.05) is 21.1 Å². The molecule has 0 aliphatic carbocycles. The molecule has 0 atom stereocenters. The number of nitrogens with one attached hydrogen (secondary N) is 1. The quantitative estimate of drug-likeness (QED) is 0.886. The molecule has 6 nitrogen and oxygen atoms in total. The zero-order chi connectivity index (χ0) is 13.0. The fourth-order valence-electron chi connectivity index (χ4n) is 1.39. The van der Waals surface area contributed by atoms with Crippen LogP contribution in [0.15, 0.2) is 34.9 Å². The average Bonchev–Trinajstić information content (AvgIpc) is 2.79. The molecule has 1 aromatic carbocycles. The molecule has 7 heteroatoms. The zero-order valence-electron chi connectivity index (χ0n) is 9.51. The van der Waals surface area contributed by atoms with Crippen LogP contribution in [0.25, 0.3) is 0 Å². The SMILES string of the molecule is NCc1cn(CC(=O)Nc2ccc(Br)cc2)nn1. The lowest BCUT2D eigenvalue weighted by molar-refractivity contribution is -0.116. The average molecular weight is 310 g/mol. The molecular formula is C11H12BrN5O. The Kier molecular flexibility index (Phi) is 4.06. The molecule has 3 N–H and O–H groups in total. The van der Waals surface area contributed by atoms with Crippen molar-refractivity contribution in [2.24, 2.45) is 5.73 Å². The van der Waals surface area contributed by atoms with Gasteiger partial charge in [0.15, 0.2) is 0 Å². The maximum absolute atomic E-state index is 11.7.